The minimum Gasteiger partial charge on any atom is -0.386 e. The zero-order chi connectivity index (χ0) is 21.5. The number of fused-ring (bicyclic) bond motifs is 3. The lowest BCUT2D eigenvalue weighted by molar-refractivity contribution is 0.0950. The van der Waals surface area contributed by atoms with E-state index in [4.69, 9.17) is 6.42 Å². The Kier molecular flexibility index (Phi) is 4.85. The van der Waals surface area contributed by atoms with Crippen LogP contribution < -0.4 is 10.9 Å². The number of tetrazole rings is 1. The van der Waals surface area contributed by atoms with Gasteiger partial charge < -0.3 is 10.4 Å². The van der Waals surface area contributed by atoms with Gasteiger partial charge in [-0.25, -0.2) is 4.98 Å². The molecule has 31 heavy (non-hydrogen) atoms. The van der Waals surface area contributed by atoms with E-state index in [1.165, 1.54) is 38.4 Å². The van der Waals surface area contributed by atoms with Crippen molar-refractivity contribution in [2.24, 2.45) is 0 Å². The second-order valence-electron chi connectivity index (χ2n) is 6.90. The number of nitrogens with one attached hydrogen (secondary N) is 1. The number of hydrogen-bond donors (Lipinski definition) is 2. The van der Waals surface area contributed by atoms with Gasteiger partial charge in [0.25, 0.3) is 11.5 Å². The summed E-state index contributed by atoms with van der Waals surface area (Å²) in [5.74, 6) is 2.68. The molecule has 5 heterocycles. The van der Waals surface area contributed by atoms with Crippen molar-refractivity contribution in [2.75, 3.05) is 6.54 Å². The topological polar surface area (TPSA) is 128 Å². The molecule has 12 heteroatoms. The van der Waals surface area contributed by atoms with Crippen LogP contribution in [0.4, 0.5) is 0 Å². The van der Waals surface area contributed by atoms with E-state index in [0.717, 1.165) is 10.4 Å². The number of aromatic nitrogens is 6. The molecule has 5 rings (SSSR count). The molecule has 10 nitrogen and oxygen atoms in total. The third-order valence-corrected chi connectivity index (χ3v) is 7.14. The van der Waals surface area contributed by atoms with Crippen LogP contribution >= 0.6 is 22.7 Å². The molecule has 0 aliphatic carbocycles. The summed E-state index contributed by atoms with van der Waals surface area (Å²) in [6, 6.07) is 3.54. The third-order valence-electron chi connectivity index (χ3n) is 4.88. The summed E-state index contributed by atoms with van der Waals surface area (Å²) in [5, 5.41) is 25.8. The molecule has 4 aromatic heterocycles. The van der Waals surface area contributed by atoms with Gasteiger partial charge in [0.15, 0.2) is 5.82 Å². The minimum absolute atomic E-state index is 0.0783. The van der Waals surface area contributed by atoms with Gasteiger partial charge in [-0.1, -0.05) is 5.92 Å². The highest BCUT2D eigenvalue weighted by Crippen LogP contribution is 2.29. The first-order valence-corrected chi connectivity index (χ1v) is 11.0. The van der Waals surface area contributed by atoms with Crippen LogP contribution in [0.5, 0.6) is 0 Å². The lowest BCUT2D eigenvalue weighted by Gasteiger charge is -2.11. The molecular weight excluding hydrogens is 438 g/mol. The molecule has 0 unspecified atom stereocenters. The molecule has 0 radical (unpaired) electrons. The van der Waals surface area contributed by atoms with E-state index in [9.17, 15) is 14.7 Å². The average Bonchev–Trinajstić information content (AvgIpc) is 3.49. The predicted octanol–water partition coefficient (Wildman–Crippen LogP) is 0.555. The van der Waals surface area contributed by atoms with Gasteiger partial charge in [0.2, 0.25) is 0 Å². The van der Waals surface area contributed by atoms with E-state index in [-0.39, 0.29) is 24.6 Å². The molecule has 2 N–H and O–H groups in total. The summed E-state index contributed by atoms with van der Waals surface area (Å²) in [6.07, 6.45) is 6.56. The number of hydrogen-bond acceptors (Lipinski definition) is 9. The molecule has 4 aromatic rings. The van der Waals surface area contributed by atoms with Crippen molar-refractivity contribution in [1.82, 2.24) is 35.1 Å². The van der Waals surface area contributed by atoms with E-state index in [0.29, 0.717) is 38.8 Å². The number of thiophene rings is 2. The fourth-order valence-corrected chi connectivity index (χ4v) is 5.31. The van der Waals surface area contributed by atoms with Crippen molar-refractivity contribution in [3.8, 4) is 12.3 Å². The molecule has 0 saturated carbocycles. The fourth-order valence-electron chi connectivity index (χ4n) is 3.42. The Morgan fingerprint density at radius 3 is 3.00 bits per heavy atom. The first kappa shape index (κ1) is 19.6. The van der Waals surface area contributed by atoms with Crippen molar-refractivity contribution in [3.63, 3.8) is 0 Å². The van der Waals surface area contributed by atoms with Gasteiger partial charge in [0, 0.05) is 11.4 Å². The monoisotopic (exact) mass is 453 g/mol. The summed E-state index contributed by atoms with van der Waals surface area (Å²) in [6.45, 7) is 0.684. The predicted molar refractivity (Wildman–Crippen MR) is 114 cm³/mol. The van der Waals surface area contributed by atoms with Gasteiger partial charge in [-0.15, -0.1) is 39.3 Å². The Morgan fingerprint density at radius 2 is 2.19 bits per heavy atom. The molecule has 0 saturated heterocycles. The number of carbonyl (C=O) groups is 1. The number of aliphatic hydroxyl groups is 1. The van der Waals surface area contributed by atoms with Gasteiger partial charge in [0.05, 0.1) is 34.6 Å². The number of amides is 1. The Hall–Kier alpha value is -3.40. The molecule has 0 spiro atoms. The fraction of sp³-hybridized carbons (Fsp3) is 0.263. The zero-order valence-electron chi connectivity index (χ0n) is 16.0. The smallest absolute Gasteiger partial charge is 0.262 e. The quantitative estimate of drug-likeness (QED) is 0.423. The summed E-state index contributed by atoms with van der Waals surface area (Å²) >= 11 is 2.55. The van der Waals surface area contributed by atoms with Crippen LogP contribution in [0.3, 0.4) is 0 Å². The van der Waals surface area contributed by atoms with Gasteiger partial charge in [-0.3, -0.25) is 14.2 Å². The lowest BCUT2D eigenvalue weighted by Crippen LogP contribution is -2.31. The van der Waals surface area contributed by atoms with Crippen LogP contribution in [-0.4, -0.2) is 47.3 Å². The highest BCUT2D eigenvalue weighted by Gasteiger charge is 2.25. The Bertz CT molecular complexity index is 1410. The van der Waals surface area contributed by atoms with Crippen LogP contribution in [0, 0.1) is 12.3 Å². The maximum atomic E-state index is 13.0. The minimum atomic E-state index is -0.821. The van der Waals surface area contributed by atoms with Crippen molar-refractivity contribution < 1.29 is 9.90 Å². The zero-order valence-corrected chi connectivity index (χ0v) is 17.6. The second-order valence-corrected chi connectivity index (χ2v) is 9.01. The molecule has 156 valence electrons. The second kappa shape index (κ2) is 7.69. The van der Waals surface area contributed by atoms with Crippen LogP contribution in [0.25, 0.3) is 10.2 Å². The number of terminal acetylenes is 1. The van der Waals surface area contributed by atoms with Gasteiger partial charge in [-0.2, -0.15) is 4.80 Å². The summed E-state index contributed by atoms with van der Waals surface area (Å²) in [4.78, 5) is 33.3. The van der Waals surface area contributed by atoms with Crippen molar-refractivity contribution in [3.05, 3.63) is 54.8 Å². The van der Waals surface area contributed by atoms with Gasteiger partial charge in [0.1, 0.15) is 10.9 Å². The Morgan fingerprint density at radius 1 is 1.32 bits per heavy atom. The maximum Gasteiger partial charge on any atom is 0.262 e. The maximum absolute atomic E-state index is 13.0. The first-order valence-electron chi connectivity index (χ1n) is 9.33. The number of carbonyl (C=O) groups excluding carboxylic acids is 1. The molecular formula is C19H15N7O3S2. The van der Waals surface area contributed by atoms with Crippen molar-refractivity contribution >= 4 is 38.8 Å². The van der Waals surface area contributed by atoms with E-state index in [1.807, 2.05) is 0 Å². The SMILES string of the molecule is C#Cc1ccc([C@@H](O)Cn2nnc(Cn3cnc4sc5c(c4c3=O)CCNC5=O)n2)s1. The Balaban J connectivity index is 1.38. The van der Waals surface area contributed by atoms with E-state index >= 15 is 0 Å². The van der Waals surface area contributed by atoms with E-state index < -0.39 is 6.10 Å². The number of rotatable bonds is 5. The summed E-state index contributed by atoms with van der Waals surface area (Å²) < 4.78 is 1.40. The molecule has 1 aliphatic rings. The molecule has 0 bridgehead atoms. The lowest BCUT2D eigenvalue weighted by atomic mass is 10.1. The standard InChI is InChI=1S/C19H15N7O3S2/c1-2-10-3-4-13(30-10)12(27)7-26-23-14(22-24-26)8-25-9-21-18-15(19(25)29)11-5-6-20-17(28)16(11)31-18/h1,3-4,9,12,27H,5-8H2,(H,20,28)/t12-/m0/s1. The first-order chi connectivity index (χ1) is 15.0. The van der Waals surface area contributed by atoms with Crippen LogP contribution in [-0.2, 0) is 19.5 Å². The molecule has 1 atom stereocenters. The average molecular weight is 454 g/mol. The normalized spacial score (nSPS) is 14.3. The van der Waals surface area contributed by atoms with Crippen LogP contribution in [0.15, 0.2) is 23.3 Å². The molecule has 1 aliphatic heterocycles. The van der Waals surface area contributed by atoms with Gasteiger partial charge in [-0.05, 0) is 29.3 Å². The Labute approximate surface area is 183 Å². The van der Waals surface area contributed by atoms with E-state index in [2.05, 4.69) is 31.6 Å². The number of nitrogens with zero attached hydrogens (tertiary/aromatic N) is 6. The highest BCUT2D eigenvalue weighted by atomic mass is 32.1. The van der Waals surface area contributed by atoms with E-state index in [1.54, 1.807) is 12.1 Å². The molecule has 0 fully saturated rings. The summed E-state index contributed by atoms with van der Waals surface area (Å²) in [5.41, 5.74) is 0.506. The van der Waals surface area contributed by atoms with Crippen LogP contribution in [0.1, 0.15) is 36.9 Å². The third kappa shape index (κ3) is 3.52. The highest BCUT2D eigenvalue weighted by molar-refractivity contribution is 7.20. The van der Waals surface area contributed by atoms with Crippen LogP contribution in [0.2, 0.25) is 0 Å². The van der Waals surface area contributed by atoms with Gasteiger partial charge >= 0.3 is 0 Å². The summed E-state index contributed by atoms with van der Waals surface area (Å²) in [7, 11) is 0. The largest absolute Gasteiger partial charge is 0.386 e. The number of aliphatic hydroxyl groups excluding tert-OH is 1. The molecule has 1 amide bonds. The molecule has 0 aromatic carbocycles. The van der Waals surface area contributed by atoms with Crippen molar-refractivity contribution in [1.29, 1.82) is 0 Å². The van der Waals surface area contributed by atoms with Crippen molar-refractivity contribution in [2.45, 2.75) is 25.6 Å².